The minimum Gasteiger partial charge on any atom is -0.466 e. The van der Waals surface area contributed by atoms with Gasteiger partial charge in [-0.15, -0.1) is 11.3 Å². The summed E-state index contributed by atoms with van der Waals surface area (Å²) in [6.45, 7) is 4.08. The molecule has 3 rings (SSSR count). The number of likely N-dealkylation sites (tertiary alicyclic amines) is 1. The van der Waals surface area contributed by atoms with E-state index < -0.39 is 11.9 Å². The molecule has 0 bridgehead atoms. The highest BCUT2D eigenvalue weighted by Crippen LogP contribution is 2.38. The molecule has 28 heavy (non-hydrogen) atoms. The summed E-state index contributed by atoms with van der Waals surface area (Å²) in [6, 6.07) is 3.10. The maximum absolute atomic E-state index is 12.9. The van der Waals surface area contributed by atoms with Crippen molar-refractivity contribution in [3.8, 4) is 10.6 Å². The number of ether oxygens (including phenoxy) is 1. The Morgan fingerprint density at radius 1 is 1.39 bits per heavy atom. The van der Waals surface area contributed by atoms with Crippen LogP contribution in [0.5, 0.6) is 0 Å². The van der Waals surface area contributed by atoms with Gasteiger partial charge in [-0.2, -0.15) is 13.2 Å². The second-order valence-electron chi connectivity index (χ2n) is 6.49. The van der Waals surface area contributed by atoms with Crippen LogP contribution in [0.1, 0.15) is 40.8 Å². The van der Waals surface area contributed by atoms with Crippen LogP contribution in [0.2, 0.25) is 0 Å². The van der Waals surface area contributed by atoms with Gasteiger partial charge >= 0.3 is 12.1 Å². The summed E-state index contributed by atoms with van der Waals surface area (Å²) in [5.41, 5.74) is -0.0480. The number of rotatable bonds is 4. The zero-order valence-electron chi connectivity index (χ0n) is 15.3. The molecule has 1 amide bonds. The van der Waals surface area contributed by atoms with Crippen molar-refractivity contribution in [3.63, 3.8) is 0 Å². The second kappa shape index (κ2) is 7.94. The summed E-state index contributed by atoms with van der Waals surface area (Å²) in [4.78, 5) is 27.1. The number of alkyl halides is 3. The van der Waals surface area contributed by atoms with Gasteiger partial charge in [0.05, 0.1) is 22.3 Å². The molecule has 0 radical (unpaired) electrons. The Morgan fingerprint density at radius 3 is 2.79 bits per heavy atom. The number of thiophene rings is 1. The number of piperidine rings is 1. The van der Waals surface area contributed by atoms with E-state index in [1.54, 1.807) is 24.0 Å². The summed E-state index contributed by atoms with van der Waals surface area (Å²) >= 11 is 1.05. The molecule has 0 aliphatic carbocycles. The van der Waals surface area contributed by atoms with Crippen LogP contribution in [0.25, 0.3) is 10.6 Å². The van der Waals surface area contributed by atoms with E-state index >= 15 is 0 Å². The van der Waals surface area contributed by atoms with Crippen molar-refractivity contribution in [3.05, 3.63) is 28.3 Å². The number of carbonyl (C=O) groups excluding carboxylic acids is 2. The number of carbonyl (C=O) groups is 2. The zero-order chi connectivity index (χ0) is 20.5. The molecule has 152 valence electrons. The van der Waals surface area contributed by atoms with E-state index in [9.17, 15) is 22.8 Å². The van der Waals surface area contributed by atoms with Gasteiger partial charge in [0.25, 0.3) is 5.91 Å². The fourth-order valence-corrected chi connectivity index (χ4v) is 4.19. The first-order valence-electron chi connectivity index (χ1n) is 8.82. The van der Waals surface area contributed by atoms with Gasteiger partial charge in [0.2, 0.25) is 5.76 Å². The maximum atomic E-state index is 12.9. The second-order valence-corrected chi connectivity index (χ2v) is 7.57. The molecule has 1 aliphatic heterocycles. The number of esters is 1. The summed E-state index contributed by atoms with van der Waals surface area (Å²) in [5.74, 6) is -2.08. The SMILES string of the molecule is CCOC(=O)[C@H]1CCCN(C(=O)c2ccc(-c3noc(C(F)(F)F)c3C)s2)C1. The molecule has 2 aromatic heterocycles. The van der Waals surface area contributed by atoms with Crippen molar-refractivity contribution in [2.75, 3.05) is 19.7 Å². The number of halogens is 3. The molecule has 0 N–H and O–H groups in total. The molecule has 6 nitrogen and oxygen atoms in total. The van der Waals surface area contributed by atoms with E-state index in [0.29, 0.717) is 29.1 Å². The van der Waals surface area contributed by atoms with Gasteiger partial charge in [-0.1, -0.05) is 5.16 Å². The molecule has 0 aromatic carbocycles. The largest absolute Gasteiger partial charge is 0.466 e. The van der Waals surface area contributed by atoms with Gasteiger partial charge < -0.3 is 14.2 Å². The smallest absolute Gasteiger partial charge is 0.452 e. The molecular formula is C18H19F3N2O4S. The molecule has 3 heterocycles. The van der Waals surface area contributed by atoms with Crippen LogP contribution in [0, 0.1) is 12.8 Å². The highest BCUT2D eigenvalue weighted by atomic mass is 32.1. The Hall–Kier alpha value is -2.36. The van der Waals surface area contributed by atoms with Crippen LogP contribution in [0.4, 0.5) is 13.2 Å². The van der Waals surface area contributed by atoms with Crippen LogP contribution in [0.15, 0.2) is 16.7 Å². The van der Waals surface area contributed by atoms with E-state index in [0.717, 1.165) is 11.3 Å². The van der Waals surface area contributed by atoms with E-state index in [-0.39, 0.29) is 42.2 Å². The first-order chi connectivity index (χ1) is 13.2. The van der Waals surface area contributed by atoms with Crippen molar-refractivity contribution in [2.24, 2.45) is 5.92 Å². The van der Waals surface area contributed by atoms with Crippen LogP contribution in [-0.2, 0) is 15.7 Å². The van der Waals surface area contributed by atoms with Crippen LogP contribution in [0.3, 0.4) is 0 Å². The molecule has 0 saturated carbocycles. The lowest BCUT2D eigenvalue weighted by Gasteiger charge is -2.31. The third kappa shape index (κ3) is 4.06. The van der Waals surface area contributed by atoms with E-state index in [1.165, 1.54) is 6.92 Å². The number of aromatic nitrogens is 1. The fraction of sp³-hybridized carbons (Fsp3) is 0.500. The number of hydrogen-bond donors (Lipinski definition) is 0. The number of amides is 1. The normalized spacial score (nSPS) is 17.6. The summed E-state index contributed by atoms with van der Waals surface area (Å²) in [7, 11) is 0. The molecule has 1 saturated heterocycles. The Morgan fingerprint density at radius 2 is 2.14 bits per heavy atom. The lowest BCUT2D eigenvalue weighted by molar-refractivity contribution is -0.156. The van der Waals surface area contributed by atoms with Crippen molar-refractivity contribution in [1.29, 1.82) is 0 Å². The third-order valence-electron chi connectivity index (χ3n) is 4.56. The average Bonchev–Trinajstić information content (AvgIpc) is 3.27. The van der Waals surface area contributed by atoms with Crippen LogP contribution >= 0.6 is 11.3 Å². The minimum atomic E-state index is -4.62. The average molecular weight is 416 g/mol. The molecule has 2 aromatic rings. The predicted molar refractivity (Wildman–Crippen MR) is 94.8 cm³/mol. The van der Waals surface area contributed by atoms with Crippen LogP contribution < -0.4 is 0 Å². The first kappa shape index (κ1) is 20.4. The first-order valence-corrected chi connectivity index (χ1v) is 9.63. The fourth-order valence-electron chi connectivity index (χ4n) is 3.18. The van der Waals surface area contributed by atoms with Crippen molar-refractivity contribution < 1.29 is 32.0 Å². The summed E-state index contributed by atoms with van der Waals surface area (Å²) in [6.07, 6.45) is -3.28. The molecule has 1 atom stereocenters. The van der Waals surface area contributed by atoms with Crippen molar-refractivity contribution in [1.82, 2.24) is 10.1 Å². The Bertz CT molecular complexity index is 875. The third-order valence-corrected chi connectivity index (χ3v) is 5.64. The van der Waals surface area contributed by atoms with Gasteiger partial charge in [0.15, 0.2) is 0 Å². The monoisotopic (exact) mass is 416 g/mol. The van der Waals surface area contributed by atoms with Gasteiger partial charge in [-0.25, -0.2) is 0 Å². The van der Waals surface area contributed by atoms with Crippen molar-refractivity contribution >= 4 is 23.2 Å². The van der Waals surface area contributed by atoms with Gasteiger partial charge in [-0.05, 0) is 38.8 Å². The molecule has 0 spiro atoms. The Kier molecular flexibility index (Phi) is 5.78. The predicted octanol–water partition coefficient (Wildman–Crippen LogP) is 4.15. The van der Waals surface area contributed by atoms with Crippen molar-refractivity contribution in [2.45, 2.75) is 32.9 Å². The number of nitrogens with zero attached hydrogens (tertiary/aromatic N) is 2. The van der Waals surface area contributed by atoms with Gasteiger partial charge in [-0.3, -0.25) is 9.59 Å². The molecule has 0 unspecified atom stereocenters. The van der Waals surface area contributed by atoms with E-state index in [2.05, 4.69) is 9.68 Å². The quantitative estimate of drug-likeness (QED) is 0.701. The zero-order valence-corrected chi connectivity index (χ0v) is 16.2. The highest BCUT2D eigenvalue weighted by Gasteiger charge is 2.39. The van der Waals surface area contributed by atoms with Gasteiger partial charge in [0.1, 0.15) is 5.69 Å². The Labute approximate surface area is 163 Å². The summed E-state index contributed by atoms with van der Waals surface area (Å²) < 4.78 is 48.1. The minimum absolute atomic E-state index is 0.0689. The number of hydrogen-bond acceptors (Lipinski definition) is 6. The molecule has 10 heteroatoms. The highest BCUT2D eigenvalue weighted by molar-refractivity contribution is 7.17. The van der Waals surface area contributed by atoms with E-state index in [1.807, 2.05) is 0 Å². The Balaban J connectivity index is 1.76. The standard InChI is InChI=1S/C18H19F3N2O4S/c1-3-26-17(25)11-5-4-8-23(9-11)16(24)13-7-6-12(28-13)14-10(2)15(27-22-14)18(19,20)21/h6-7,11H,3-5,8-9H2,1-2H3/t11-/m0/s1. The van der Waals surface area contributed by atoms with Crippen LogP contribution in [-0.4, -0.2) is 41.6 Å². The van der Waals surface area contributed by atoms with E-state index in [4.69, 9.17) is 4.74 Å². The summed E-state index contributed by atoms with van der Waals surface area (Å²) in [5, 5.41) is 3.52. The molecular weight excluding hydrogens is 397 g/mol. The lowest BCUT2D eigenvalue weighted by atomic mass is 9.98. The molecule has 1 aliphatic rings. The van der Waals surface area contributed by atoms with Gasteiger partial charge in [0, 0.05) is 18.7 Å². The molecule has 1 fully saturated rings. The topological polar surface area (TPSA) is 72.6 Å². The maximum Gasteiger partial charge on any atom is 0.452 e. The lowest BCUT2D eigenvalue weighted by Crippen LogP contribution is -2.42.